The van der Waals surface area contributed by atoms with Gasteiger partial charge in [0.25, 0.3) is 0 Å². The number of ether oxygens (including phenoxy) is 1. The van der Waals surface area contributed by atoms with E-state index in [0.29, 0.717) is 25.9 Å². The molecule has 2 aliphatic rings. The minimum Gasteiger partial charge on any atom is -0.469 e. The van der Waals surface area contributed by atoms with Gasteiger partial charge in [0.2, 0.25) is 10.0 Å². The van der Waals surface area contributed by atoms with Gasteiger partial charge in [0, 0.05) is 19.1 Å². The number of esters is 1. The molecule has 3 atom stereocenters. The highest BCUT2D eigenvalue weighted by molar-refractivity contribution is 7.89. The van der Waals surface area contributed by atoms with Crippen molar-refractivity contribution in [2.24, 2.45) is 5.92 Å². The number of methoxy groups -OCH3 is 1. The zero-order valence-corrected chi connectivity index (χ0v) is 13.7. The van der Waals surface area contributed by atoms with Crippen LogP contribution in [0.1, 0.15) is 38.5 Å². The van der Waals surface area contributed by atoms with Gasteiger partial charge < -0.3 is 10.1 Å². The van der Waals surface area contributed by atoms with Gasteiger partial charge in [-0.15, -0.1) is 0 Å². The van der Waals surface area contributed by atoms with E-state index >= 15 is 0 Å². The van der Waals surface area contributed by atoms with E-state index in [-0.39, 0.29) is 12.0 Å². The first-order chi connectivity index (χ1) is 10.0. The van der Waals surface area contributed by atoms with Crippen molar-refractivity contribution in [1.82, 2.24) is 9.62 Å². The summed E-state index contributed by atoms with van der Waals surface area (Å²) < 4.78 is 32.2. The predicted octanol–water partition coefficient (Wildman–Crippen LogP) is 0.732. The second-order valence-electron chi connectivity index (χ2n) is 5.98. The van der Waals surface area contributed by atoms with Crippen molar-refractivity contribution < 1.29 is 17.9 Å². The summed E-state index contributed by atoms with van der Waals surface area (Å²) in [6, 6.07) is 0.202. The van der Waals surface area contributed by atoms with Gasteiger partial charge >= 0.3 is 5.97 Å². The smallest absolute Gasteiger partial charge is 0.310 e. The molecule has 1 saturated heterocycles. The van der Waals surface area contributed by atoms with Crippen molar-refractivity contribution >= 4 is 16.0 Å². The topological polar surface area (TPSA) is 75.7 Å². The Bertz CT molecular complexity index is 466. The molecule has 1 heterocycles. The molecule has 21 heavy (non-hydrogen) atoms. The molecule has 0 aromatic carbocycles. The van der Waals surface area contributed by atoms with Crippen LogP contribution in [-0.2, 0) is 19.6 Å². The fraction of sp³-hybridized carbons (Fsp3) is 0.929. The molecule has 0 bridgehead atoms. The molecule has 1 N–H and O–H groups in total. The lowest BCUT2D eigenvalue weighted by atomic mass is 9.89. The highest BCUT2D eigenvalue weighted by atomic mass is 32.2. The number of rotatable bonds is 4. The zero-order valence-electron chi connectivity index (χ0n) is 12.9. The van der Waals surface area contributed by atoms with Crippen molar-refractivity contribution in [3.05, 3.63) is 0 Å². The van der Waals surface area contributed by atoms with E-state index in [1.807, 2.05) is 7.05 Å². The van der Waals surface area contributed by atoms with Gasteiger partial charge in [0.15, 0.2) is 0 Å². The van der Waals surface area contributed by atoms with Gasteiger partial charge in [0.1, 0.15) is 0 Å². The third-order valence-electron chi connectivity index (χ3n) is 4.74. The van der Waals surface area contributed by atoms with Gasteiger partial charge in [-0.3, -0.25) is 4.79 Å². The fourth-order valence-electron chi connectivity index (χ4n) is 3.48. The molecular weight excluding hydrogens is 292 g/mol. The Labute approximate surface area is 127 Å². The number of carbonyl (C=O) groups excluding carboxylic acids is 1. The summed E-state index contributed by atoms with van der Waals surface area (Å²) in [5.74, 6) is -0.894. The molecule has 1 aliphatic carbocycles. The summed E-state index contributed by atoms with van der Waals surface area (Å²) in [5.41, 5.74) is 0. The van der Waals surface area contributed by atoms with Crippen LogP contribution in [0.3, 0.4) is 0 Å². The minimum absolute atomic E-state index is 0.202. The highest BCUT2D eigenvalue weighted by Crippen LogP contribution is 2.33. The molecule has 122 valence electrons. The lowest BCUT2D eigenvalue weighted by molar-refractivity contribution is -0.146. The van der Waals surface area contributed by atoms with E-state index in [9.17, 15) is 13.2 Å². The molecule has 6 nitrogen and oxygen atoms in total. The Balaban J connectivity index is 2.17. The second kappa shape index (κ2) is 7.07. The van der Waals surface area contributed by atoms with Crippen molar-refractivity contribution in [3.63, 3.8) is 0 Å². The number of carbonyl (C=O) groups is 1. The lowest BCUT2D eigenvalue weighted by Gasteiger charge is -2.37. The maximum Gasteiger partial charge on any atom is 0.310 e. The van der Waals surface area contributed by atoms with Crippen LogP contribution in [0.15, 0.2) is 0 Å². The SMILES string of the molecule is CNC1CCCN(S(=O)(=O)C2CCCCC2C(=O)OC)C1. The lowest BCUT2D eigenvalue weighted by Crippen LogP contribution is -2.52. The van der Waals surface area contributed by atoms with E-state index < -0.39 is 21.2 Å². The Hall–Kier alpha value is -0.660. The van der Waals surface area contributed by atoms with Crippen LogP contribution < -0.4 is 5.32 Å². The summed E-state index contributed by atoms with van der Waals surface area (Å²) in [6.07, 6.45) is 4.78. The first kappa shape index (κ1) is 16.7. The standard InChI is InChI=1S/C14H26N2O4S/c1-15-11-6-5-9-16(10-11)21(18,19)13-8-4-3-7-12(13)14(17)20-2/h11-13,15H,3-10H2,1-2H3. The summed E-state index contributed by atoms with van der Waals surface area (Å²) in [4.78, 5) is 11.9. The molecule has 2 fully saturated rings. The molecule has 0 aromatic rings. The van der Waals surface area contributed by atoms with Crippen LogP contribution in [0, 0.1) is 5.92 Å². The van der Waals surface area contributed by atoms with Crippen LogP contribution in [0.2, 0.25) is 0 Å². The average Bonchev–Trinajstić information content (AvgIpc) is 2.54. The molecule has 0 radical (unpaired) electrons. The van der Waals surface area contributed by atoms with E-state index in [1.165, 1.54) is 7.11 Å². The number of piperidine rings is 1. The Kier molecular flexibility index (Phi) is 5.62. The Morgan fingerprint density at radius 3 is 2.57 bits per heavy atom. The first-order valence-electron chi connectivity index (χ1n) is 7.74. The number of sulfonamides is 1. The maximum atomic E-state index is 12.9. The zero-order chi connectivity index (χ0) is 15.5. The molecule has 0 spiro atoms. The van der Waals surface area contributed by atoms with E-state index in [4.69, 9.17) is 4.74 Å². The van der Waals surface area contributed by atoms with Gasteiger partial charge in [-0.1, -0.05) is 12.8 Å². The largest absolute Gasteiger partial charge is 0.469 e. The third kappa shape index (κ3) is 3.57. The maximum absolute atomic E-state index is 12.9. The molecule has 7 heteroatoms. The number of nitrogens with one attached hydrogen (secondary N) is 1. The third-order valence-corrected chi connectivity index (χ3v) is 7.12. The van der Waals surface area contributed by atoms with E-state index in [0.717, 1.165) is 25.7 Å². The molecule has 2 rings (SSSR count). The quantitative estimate of drug-likeness (QED) is 0.774. The van der Waals surface area contributed by atoms with Crippen LogP contribution in [-0.4, -0.2) is 57.2 Å². The predicted molar refractivity (Wildman–Crippen MR) is 80.3 cm³/mol. The highest BCUT2D eigenvalue weighted by Gasteiger charge is 2.43. The molecule has 3 unspecified atom stereocenters. The summed E-state index contributed by atoms with van der Waals surface area (Å²) in [6.45, 7) is 1.06. The summed E-state index contributed by atoms with van der Waals surface area (Å²) in [7, 11) is -0.248. The monoisotopic (exact) mass is 318 g/mol. The molecule has 0 amide bonds. The van der Waals surface area contributed by atoms with Crippen molar-refractivity contribution in [1.29, 1.82) is 0 Å². The number of hydrogen-bond acceptors (Lipinski definition) is 5. The van der Waals surface area contributed by atoms with Gasteiger partial charge in [-0.25, -0.2) is 12.7 Å². The van der Waals surface area contributed by atoms with Crippen LogP contribution in [0.4, 0.5) is 0 Å². The van der Waals surface area contributed by atoms with Crippen molar-refractivity contribution in [2.45, 2.75) is 49.8 Å². The van der Waals surface area contributed by atoms with Gasteiger partial charge in [0.05, 0.1) is 18.3 Å². The number of nitrogens with zero attached hydrogens (tertiary/aromatic N) is 1. The normalized spacial score (nSPS) is 31.8. The van der Waals surface area contributed by atoms with Crippen LogP contribution in [0.5, 0.6) is 0 Å². The Morgan fingerprint density at radius 1 is 1.19 bits per heavy atom. The van der Waals surface area contributed by atoms with Crippen LogP contribution >= 0.6 is 0 Å². The van der Waals surface area contributed by atoms with Crippen LogP contribution in [0.25, 0.3) is 0 Å². The number of hydrogen-bond donors (Lipinski definition) is 1. The van der Waals surface area contributed by atoms with Crippen molar-refractivity contribution in [2.75, 3.05) is 27.2 Å². The summed E-state index contributed by atoms with van der Waals surface area (Å²) >= 11 is 0. The fourth-order valence-corrected chi connectivity index (χ4v) is 5.76. The Morgan fingerprint density at radius 2 is 1.90 bits per heavy atom. The summed E-state index contributed by atoms with van der Waals surface area (Å²) in [5, 5.41) is 2.54. The first-order valence-corrected chi connectivity index (χ1v) is 9.25. The van der Waals surface area contributed by atoms with Gasteiger partial charge in [-0.05, 0) is 32.7 Å². The molecule has 0 aromatic heterocycles. The number of likely N-dealkylation sites (N-methyl/N-ethyl adjacent to an activating group) is 1. The average molecular weight is 318 g/mol. The second-order valence-corrected chi connectivity index (χ2v) is 8.14. The molecule has 1 saturated carbocycles. The van der Waals surface area contributed by atoms with Gasteiger partial charge in [-0.2, -0.15) is 0 Å². The molecular formula is C14H26N2O4S. The van der Waals surface area contributed by atoms with E-state index in [1.54, 1.807) is 4.31 Å². The molecule has 1 aliphatic heterocycles. The van der Waals surface area contributed by atoms with E-state index in [2.05, 4.69) is 5.32 Å². The van der Waals surface area contributed by atoms with Crippen molar-refractivity contribution in [3.8, 4) is 0 Å². The minimum atomic E-state index is -3.44.